The quantitative estimate of drug-likeness (QED) is 0.838. The van der Waals surface area contributed by atoms with E-state index in [-0.39, 0.29) is 10.7 Å². The molecule has 0 radical (unpaired) electrons. The molecule has 1 amide bonds. The smallest absolute Gasteiger partial charge is 0.237 e. The minimum absolute atomic E-state index is 0.0235. The molecular formula is C11H10BrNOS. The van der Waals surface area contributed by atoms with Gasteiger partial charge in [-0.05, 0) is 42.0 Å². The Balaban J connectivity index is 2.25. The standard InChI is InChI=1S/C11H10BrNOS/c1-7(12)11(14)13-9-2-3-10-8(6-9)4-5-15-10/h2-7H,1H3,(H,13,14). The van der Waals surface area contributed by atoms with Gasteiger partial charge < -0.3 is 5.32 Å². The lowest BCUT2D eigenvalue weighted by atomic mass is 10.2. The van der Waals surface area contributed by atoms with Crippen molar-refractivity contribution in [2.75, 3.05) is 5.32 Å². The van der Waals surface area contributed by atoms with Gasteiger partial charge in [-0.15, -0.1) is 11.3 Å². The van der Waals surface area contributed by atoms with E-state index in [1.54, 1.807) is 18.3 Å². The SMILES string of the molecule is CC(Br)C(=O)Nc1ccc2sccc2c1. The number of alkyl halides is 1. The number of nitrogens with one attached hydrogen (secondary N) is 1. The van der Waals surface area contributed by atoms with E-state index < -0.39 is 0 Å². The summed E-state index contributed by atoms with van der Waals surface area (Å²) in [6, 6.07) is 7.98. The zero-order valence-electron chi connectivity index (χ0n) is 8.16. The summed E-state index contributed by atoms with van der Waals surface area (Å²) in [4.78, 5) is 11.3. The summed E-state index contributed by atoms with van der Waals surface area (Å²) in [5.74, 6) is -0.0235. The minimum atomic E-state index is -0.171. The topological polar surface area (TPSA) is 29.1 Å². The summed E-state index contributed by atoms with van der Waals surface area (Å²) in [5.41, 5.74) is 0.845. The van der Waals surface area contributed by atoms with E-state index in [9.17, 15) is 4.79 Å². The maximum Gasteiger partial charge on any atom is 0.237 e. The van der Waals surface area contributed by atoms with Crippen LogP contribution in [0.25, 0.3) is 10.1 Å². The molecule has 1 aromatic carbocycles. The van der Waals surface area contributed by atoms with E-state index in [2.05, 4.69) is 21.2 Å². The molecule has 15 heavy (non-hydrogen) atoms. The highest BCUT2D eigenvalue weighted by atomic mass is 79.9. The molecular weight excluding hydrogens is 274 g/mol. The number of carbonyl (C=O) groups is 1. The van der Waals surface area contributed by atoms with Crippen LogP contribution in [0.4, 0.5) is 5.69 Å². The van der Waals surface area contributed by atoms with Gasteiger partial charge in [-0.3, -0.25) is 4.79 Å². The third-order valence-electron chi connectivity index (χ3n) is 2.08. The van der Waals surface area contributed by atoms with Gasteiger partial charge in [0.25, 0.3) is 0 Å². The first-order valence-electron chi connectivity index (χ1n) is 4.59. The molecule has 1 heterocycles. The van der Waals surface area contributed by atoms with Gasteiger partial charge in [0, 0.05) is 10.4 Å². The number of benzene rings is 1. The van der Waals surface area contributed by atoms with Crippen LogP contribution < -0.4 is 5.32 Å². The summed E-state index contributed by atoms with van der Waals surface area (Å²) in [7, 11) is 0. The van der Waals surface area contributed by atoms with Crippen molar-refractivity contribution < 1.29 is 4.79 Å². The van der Waals surface area contributed by atoms with Gasteiger partial charge in [-0.25, -0.2) is 0 Å². The molecule has 2 rings (SSSR count). The van der Waals surface area contributed by atoms with Crippen LogP contribution in [0.1, 0.15) is 6.92 Å². The minimum Gasteiger partial charge on any atom is -0.325 e. The number of hydrogen-bond donors (Lipinski definition) is 1. The molecule has 0 fully saturated rings. The van der Waals surface area contributed by atoms with Crippen molar-refractivity contribution in [3.63, 3.8) is 0 Å². The van der Waals surface area contributed by atoms with Crippen LogP contribution in [0.3, 0.4) is 0 Å². The van der Waals surface area contributed by atoms with Crippen molar-refractivity contribution in [1.82, 2.24) is 0 Å². The van der Waals surface area contributed by atoms with Crippen molar-refractivity contribution in [1.29, 1.82) is 0 Å². The monoisotopic (exact) mass is 283 g/mol. The molecule has 2 nitrogen and oxygen atoms in total. The average Bonchev–Trinajstić information content (AvgIpc) is 2.64. The van der Waals surface area contributed by atoms with Crippen LogP contribution in [0.2, 0.25) is 0 Å². The van der Waals surface area contributed by atoms with Crippen LogP contribution >= 0.6 is 27.3 Å². The van der Waals surface area contributed by atoms with Crippen molar-refractivity contribution in [2.45, 2.75) is 11.8 Å². The Bertz CT molecular complexity index is 492. The van der Waals surface area contributed by atoms with Crippen molar-refractivity contribution in [2.24, 2.45) is 0 Å². The van der Waals surface area contributed by atoms with Gasteiger partial charge in [-0.1, -0.05) is 15.9 Å². The lowest BCUT2D eigenvalue weighted by Gasteiger charge is -2.06. The van der Waals surface area contributed by atoms with E-state index in [1.165, 1.54) is 10.1 Å². The number of rotatable bonds is 2. The lowest BCUT2D eigenvalue weighted by molar-refractivity contribution is -0.115. The first-order chi connectivity index (χ1) is 7.16. The van der Waals surface area contributed by atoms with E-state index in [4.69, 9.17) is 0 Å². The Morgan fingerprint density at radius 3 is 3.00 bits per heavy atom. The largest absolute Gasteiger partial charge is 0.325 e. The highest BCUT2D eigenvalue weighted by Crippen LogP contribution is 2.24. The van der Waals surface area contributed by atoms with Gasteiger partial charge in [0.2, 0.25) is 5.91 Å². The summed E-state index contributed by atoms with van der Waals surface area (Å²) >= 11 is 4.93. The molecule has 0 saturated heterocycles. The number of carbonyl (C=O) groups excluding carboxylic acids is 1. The number of thiophene rings is 1. The van der Waals surface area contributed by atoms with Crippen molar-refractivity contribution in [3.8, 4) is 0 Å². The Morgan fingerprint density at radius 1 is 1.47 bits per heavy atom. The Morgan fingerprint density at radius 2 is 2.27 bits per heavy atom. The van der Waals surface area contributed by atoms with Crippen LogP contribution in [-0.2, 0) is 4.79 Å². The van der Waals surface area contributed by atoms with Gasteiger partial charge >= 0.3 is 0 Å². The van der Waals surface area contributed by atoms with Gasteiger partial charge in [0.1, 0.15) is 0 Å². The predicted octanol–water partition coefficient (Wildman–Crippen LogP) is 3.62. The number of fused-ring (bicyclic) bond motifs is 1. The van der Waals surface area contributed by atoms with Crippen LogP contribution in [0.15, 0.2) is 29.6 Å². The fourth-order valence-corrected chi connectivity index (χ4v) is 2.17. The van der Waals surface area contributed by atoms with Crippen LogP contribution in [0.5, 0.6) is 0 Å². The summed E-state index contributed by atoms with van der Waals surface area (Å²) in [6.45, 7) is 1.80. The average molecular weight is 284 g/mol. The third kappa shape index (κ3) is 2.38. The highest BCUT2D eigenvalue weighted by Gasteiger charge is 2.08. The summed E-state index contributed by atoms with van der Waals surface area (Å²) < 4.78 is 1.24. The Labute approximate surface area is 100 Å². The third-order valence-corrected chi connectivity index (χ3v) is 3.39. The summed E-state index contributed by atoms with van der Waals surface area (Å²) in [6.07, 6.45) is 0. The molecule has 0 aliphatic heterocycles. The second-order valence-corrected chi connectivity index (χ2v) is 5.60. The summed E-state index contributed by atoms with van der Waals surface area (Å²) in [5, 5.41) is 6.05. The molecule has 1 unspecified atom stereocenters. The number of hydrogen-bond acceptors (Lipinski definition) is 2. The van der Waals surface area contributed by atoms with E-state index in [0.717, 1.165) is 5.69 Å². The second kappa shape index (κ2) is 4.33. The number of amides is 1. The van der Waals surface area contributed by atoms with Gasteiger partial charge in [0.05, 0.1) is 4.83 Å². The Hall–Kier alpha value is -0.870. The second-order valence-electron chi connectivity index (χ2n) is 3.28. The van der Waals surface area contributed by atoms with E-state index in [1.807, 2.05) is 29.6 Å². The molecule has 0 spiro atoms. The first-order valence-corrected chi connectivity index (χ1v) is 6.38. The van der Waals surface area contributed by atoms with Gasteiger partial charge in [-0.2, -0.15) is 0 Å². The normalized spacial score (nSPS) is 12.7. The fourth-order valence-electron chi connectivity index (χ4n) is 1.29. The van der Waals surface area contributed by atoms with Crippen LogP contribution in [-0.4, -0.2) is 10.7 Å². The highest BCUT2D eigenvalue weighted by molar-refractivity contribution is 9.10. The fraction of sp³-hybridized carbons (Fsp3) is 0.182. The van der Waals surface area contributed by atoms with Gasteiger partial charge in [0.15, 0.2) is 0 Å². The molecule has 0 aliphatic rings. The maximum atomic E-state index is 11.4. The first kappa shape index (κ1) is 10.6. The molecule has 0 saturated carbocycles. The van der Waals surface area contributed by atoms with Crippen LogP contribution in [0, 0.1) is 0 Å². The zero-order valence-corrected chi connectivity index (χ0v) is 10.6. The predicted molar refractivity (Wildman–Crippen MR) is 68.8 cm³/mol. The molecule has 1 atom stereocenters. The maximum absolute atomic E-state index is 11.4. The number of anilines is 1. The van der Waals surface area contributed by atoms with Crippen molar-refractivity contribution in [3.05, 3.63) is 29.6 Å². The Kier molecular flexibility index (Phi) is 3.07. The zero-order chi connectivity index (χ0) is 10.8. The van der Waals surface area contributed by atoms with E-state index in [0.29, 0.717) is 0 Å². The lowest BCUT2D eigenvalue weighted by Crippen LogP contribution is -2.19. The number of halogens is 1. The van der Waals surface area contributed by atoms with Crippen molar-refractivity contribution >= 4 is 48.9 Å². The molecule has 1 aromatic heterocycles. The molecule has 0 bridgehead atoms. The molecule has 4 heteroatoms. The van der Waals surface area contributed by atoms with E-state index >= 15 is 0 Å². The molecule has 0 aliphatic carbocycles. The molecule has 1 N–H and O–H groups in total. The molecule has 78 valence electrons. The molecule has 2 aromatic rings.